The molecule has 0 aliphatic heterocycles. The molecule has 1 saturated carbocycles. The third-order valence-corrected chi connectivity index (χ3v) is 7.36. The van der Waals surface area contributed by atoms with Crippen molar-refractivity contribution in [3.8, 4) is 21.6 Å². The van der Waals surface area contributed by atoms with Crippen molar-refractivity contribution >= 4 is 23.3 Å². The number of carbonyl (C=O) groups is 2. The first kappa shape index (κ1) is 23.1. The van der Waals surface area contributed by atoms with Crippen molar-refractivity contribution in [1.82, 2.24) is 0 Å². The van der Waals surface area contributed by atoms with Gasteiger partial charge in [-0.2, -0.15) is 0 Å². The monoisotopic (exact) mass is 482 g/mol. The topological polar surface area (TPSA) is 52.6 Å². The van der Waals surface area contributed by atoms with Crippen molar-refractivity contribution in [2.24, 2.45) is 0 Å². The zero-order chi connectivity index (χ0) is 24.3. The molecule has 1 aliphatic carbocycles. The summed E-state index contributed by atoms with van der Waals surface area (Å²) < 4.78 is 11.1. The van der Waals surface area contributed by atoms with E-state index >= 15 is 0 Å². The average molecular weight is 483 g/mol. The second-order valence-electron chi connectivity index (χ2n) is 8.65. The van der Waals surface area contributed by atoms with Gasteiger partial charge < -0.3 is 9.47 Å². The molecule has 0 radical (unpaired) electrons. The molecular weight excluding hydrogens is 456 g/mol. The standard InChI is InChI=1S/C30H26O4S/c1-2-33-29(32)30(16-17-30)26-19-23(13-14-24(26)22-11-7-4-8-12-22)27-25(15-18-35-27)28(31)34-20-21-9-5-3-6-10-21/h3-15,18-19H,2,16-17,20H2,1H3. The number of thiophene rings is 1. The molecule has 0 unspecified atom stereocenters. The van der Waals surface area contributed by atoms with Gasteiger partial charge in [0.25, 0.3) is 0 Å². The van der Waals surface area contributed by atoms with Crippen molar-refractivity contribution in [1.29, 1.82) is 0 Å². The molecule has 0 spiro atoms. The summed E-state index contributed by atoms with van der Waals surface area (Å²) in [7, 11) is 0. The molecule has 0 saturated heterocycles. The van der Waals surface area contributed by atoms with Crippen LogP contribution in [-0.2, 0) is 26.3 Å². The van der Waals surface area contributed by atoms with Crippen LogP contribution in [-0.4, -0.2) is 18.5 Å². The Kier molecular flexibility index (Phi) is 6.51. The SMILES string of the molecule is CCOC(=O)C1(c2cc(-c3sccc3C(=O)OCc3ccccc3)ccc2-c2ccccc2)CC1. The third-order valence-electron chi connectivity index (χ3n) is 6.40. The minimum absolute atomic E-state index is 0.178. The van der Waals surface area contributed by atoms with Gasteiger partial charge in [-0.25, -0.2) is 4.79 Å². The molecule has 1 aromatic heterocycles. The van der Waals surface area contributed by atoms with Crippen molar-refractivity contribution in [2.45, 2.75) is 31.8 Å². The lowest BCUT2D eigenvalue weighted by Crippen LogP contribution is -2.24. The number of benzene rings is 3. The van der Waals surface area contributed by atoms with Crippen LogP contribution in [0.3, 0.4) is 0 Å². The van der Waals surface area contributed by atoms with E-state index in [1.54, 1.807) is 6.07 Å². The molecule has 5 rings (SSSR count). The molecule has 0 amide bonds. The van der Waals surface area contributed by atoms with Crippen LogP contribution in [0.2, 0.25) is 0 Å². The van der Waals surface area contributed by atoms with Gasteiger partial charge in [0.1, 0.15) is 6.61 Å². The first-order valence-corrected chi connectivity index (χ1v) is 12.7. The molecule has 1 fully saturated rings. The zero-order valence-corrected chi connectivity index (χ0v) is 20.3. The van der Waals surface area contributed by atoms with Gasteiger partial charge in [-0.3, -0.25) is 4.79 Å². The second kappa shape index (κ2) is 9.88. The Morgan fingerprint density at radius 2 is 1.57 bits per heavy atom. The van der Waals surface area contributed by atoms with Crippen molar-refractivity contribution in [3.05, 3.63) is 107 Å². The second-order valence-corrected chi connectivity index (χ2v) is 9.57. The van der Waals surface area contributed by atoms with Crippen LogP contribution in [0.25, 0.3) is 21.6 Å². The maximum Gasteiger partial charge on any atom is 0.339 e. The molecule has 0 N–H and O–H groups in total. The van der Waals surface area contributed by atoms with Gasteiger partial charge in [-0.1, -0.05) is 72.8 Å². The van der Waals surface area contributed by atoms with E-state index in [4.69, 9.17) is 9.47 Å². The molecule has 0 bridgehead atoms. The van der Waals surface area contributed by atoms with Gasteiger partial charge in [0, 0.05) is 4.88 Å². The third kappa shape index (κ3) is 4.64. The van der Waals surface area contributed by atoms with Crippen LogP contribution in [0.15, 0.2) is 90.3 Å². The van der Waals surface area contributed by atoms with Crippen LogP contribution < -0.4 is 0 Å². The highest BCUT2D eigenvalue weighted by Gasteiger charge is 2.54. The van der Waals surface area contributed by atoms with Gasteiger partial charge in [0.15, 0.2) is 0 Å². The predicted octanol–water partition coefficient (Wildman–Crippen LogP) is 7.03. The van der Waals surface area contributed by atoms with E-state index in [0.717, 1.165) is 45.5 Å². The van der Waals surface area contributed by atoms with E-state index in [1.165, 1.54) is 11.3 Å². The first-order valence-electron chi connectivity index (χ1n) is 11.8. The lowest BCUT2D eigenvalue weighted by atomic mass is 9.86. The number of carbonyl (C=O) groups excluding carboxylic acids is 2. The molecule has 4 nitrogen and oxygen atoms in total. The van der Waals surface area contributed by atoms with E-state index in [1.807, 2.05) is 66.9 Å². The fraction of sp³-hybridized carbons (Fsp3) is 0.200. The van der Waals surface area contributed by atoms with Gasteiger partial charge in [0.05, 0.1) is 17.6 Å². The van der Waals surface area contributed by atoms with Gasteiger partial charge in [0.2, 0.25) is 0 Å². The lowest BCUT2D eigenvalue weighted by Gasteiger charge is -2.20. The van der Waals surface area contributed by atoms with Crippen LogP contribution in [0.1, 0.15) is 41.3 Å². The number of hydrogen-bond acceptors (Lipinski definition) is 5. The normalized spacial score (nSPS) is 13.7. The Balaban J connectivity index is 1.51. The van der Waals surface area contributed by atoms with Crippen LogP contribution in [0.5, 0.6) is 0 Å². The molecule has 35 heavy (non-hydrogen) atoms. The lowest BCUT2D eigenvalue weighted by molar-refractivity contribution is -0.146. The summed E-state index contributed by atoms with van der Waals surface area (Å²) in [6.07, 6.45) is 1.51. The molecular formula is C30H26O4S. The predicted molar refractivity (Wildman–Crippen MR) is 138 cm³/mol. The van der Waals surface area contributed by atoms with E-state index in [0.29, 0.717) is 12.2 Å². The smallest absolute Gasteiger partial charge is 0.339 e. The van der Waals surface area contributed by atoms with Crippen LogP contribution >= 0.6 is 11.3 Å². The largest absolute Gasteiger partial charge is 0.465 e. The molecule has 1 aliphatic rings. The molecule has 3 aromatic carbocycles. The van der Waals surface area contributed by atoms with Gasteiger partial charge in [-0.15, -0.1) is 11.3 Å². The average Bonchev–Trinajstić information content (AvgIpc) is 3.57. The first-order chi connectivity index (χ1) is 17.1. The zero-order valence-electron chi connectivity index (χ0n) is 19.5. The highest BCUT2D eigenvalue weighted by molar-refractivity contribution is 7.14. The molecule has 4 aromatic rings. The summed E-state index contributed by atoms with van der Waals surface area (Å²) in [4.78, 5) is 26.8. The Labute approximate surface area is 209 Å². The van der Waals surface area contributed by atoms with Gasteiger partial charge >= 0.3 is 11.9 Å². The van der Waals surface area contributed by atoms with E-state index in [2.05, 4.69) is 24.3 Å². The fourth-order valence-electron chi connectivity index (χ4n) is 4.42. The van der Waals surface area contributed by atoms with E-state index < -0.39 is 5.41 Å². The Bertz CT molecular complexity index is 1340. The Morgan fingerprint density at radius 3 is 2.26 bits per heavy atom. The molecule has 1 heterocycles. The summed E-state index contributed by atoms with van der Waals surface area (Å²) in [6, 6.07) is 27.7. The highest BCUT2D eigenvalue weighted by atomic mass is 32.1. The van der Waals surface area contributed by atoms with Crippen LogP contribution in [0.4, 0.5) is 0 Å². The Hall–Kier alpha value is -3.70. The summed E-state index contributed by atoms with van der Waals surface area (Å²) in [5, 5.41) is 1.90. The number of rotatable bonds is 8. The summed E-state index contributed by atoms with van der Waals surface area (Å²) in [5.41, 5.74) is 4.77. The highest BCUT2D eigenvalue weighted by Crippen LogP contribution is 2.53. The maximum absolute atomic E-state index is 13.0. The quantitative estimate of drug-likeness (QED) is 0.253. The summed E-state index contributed by atoms with van der Waals surface area (Å²) in [6.45, 7) is 2.41. The van der Waals surface area contributed by atoms with E-state index in [-0.39, 0.29) is 18.5 Å². The number of hydrogen-bond donors (Lipinski definition) is 0. The van der Waals surface area contributed by atoms with E-state index in [9.17, 15) is 9.59 Å². The summed E-state index contributed by atoms with van der Waals surface area (Å²) in [5.74, 6) is -0.534. The molecule has 0 atom stereocenters. The molecule has 176 valence electrons. The number of ether oxygens (including phenoxy) is 2. The van der Waals surface area contributed by atoms with Crippen molar-refractivity contribution in [3.63, 3.8) is 0 Å². The minimum Gasteiger partial charge on any atom is -0.465 e. The summed E-state index contributed by atoms with van der Waals surface area (Å²) >= 11 is 1.50. The fourth-order valence-corrected chi connectivity index (χ4v) is 5.30. The number of esters is 2. The Morgan fingerprint density at radius 1 is 0.857 bits per heavy atom. The van der Waals surface area contributed by atoms with Crippen molar-refractivity contribution in [2.75, 3.05) is 6.61 Å². The molecule has 5 heteroatoms. The van der Waals surface area contributed by atoms with Crippen LogP contribution in [0, 0.1) is 0 Å². The maximum atomic E-state index is 13.0. The van der Waals surface area contributed by atoms with Gasteiger partial charge in [-0.05, 0) is 65.1 Å². The van der Waals surface area contributed by atoms with Crippen molar-refractivity contribution < 1.29 is 19.1 Å². The minimum atomic E-state index is -0.636.